The number of anilines is 1. The smallest absolute Gasteiger partial charge is 0.224 e. The zero-order chi connectivity index (χ0) is 24.0. The minimum atomic E-state index is 0.00859. The summed E-state index contributed by atoms with van der Waals surface area (Å²) in [6, 6.07) is 16.5. The maximum Gasteiger partial charge on any atom is 0.224 e. The lowest BCUT2D eigenvalue weighted by Crippen LogP contribution is -2.44. The molecule has 5 rings (SSSR count). The first-order chi connectivity index (χ1) is 17.1. The van der Waals surface area contributed by atoms with Gasteiger partial charge in [0.15, 0.2) is 0 Å². The van der Waals surface area contributed by atoms with E-state index in [4.69, 9.17) is 16.6 Å². The third-order valence-corrected chi connectivity index (χ3v) is 7.78. The van der Waals surface area contributed by atoms with E-state index >= 15 is 0 Å². The van der Waals surface area contributed by atoms with Crippen molar-refractivity contribution in [3.63, 3.8) is 0 Å². The van der Waals surface area contributed by atoms with Crippen molar-refractivity contribution in [1.29, 1.82) is 0 Å². The SMILES string of the molecule is O=C(NCCCN1CCC(Cc2ccccc2)CC1)[C@H]1CCCN(c2nc3ccc(Cl)cc3[nH]2)C1. The number of benzene rings is 2. The fourth-order valence-electron chi connectivity index (χ4n) is 5.52. The molecule has 2 N–H and O–H groups in total. The summed E-state index contributed by atoms with van der Waals surface area (Å²) in [5, 5.41) is 3.89. The van der Waals surface area contributed by atoms with E-state index in [2.05, 4.69) is 50.4 Å². The van der Waals surface area contributed by atoms with Gasteiger partial charge in [-0.3, -0.25) is 4.79 Å². The van der Waals surface area contributed by atoms with Crippen LogP contribution in [0.2, 0.25) is 5.02 Å². The summed E-state index contributed by atoms with van der Waals surface area (Å²) in [5.41, 5.74) is 3.29. The van der Waals surface area contributed by atoms with Gasteiger partial charge in [-0.1, -0.05) is 41.9 Å². The predicted octanol–water partition coefficient (Wildman–Crippen LogP) is 4.89. The number of carbonyl (C=O) groups excluding carboxylic acids is 1. The molecule has 35 heavy (non-hydrogen) atoms. The van der Waals surface area contributed by atoms with Gasteiger partial charge in [0.1, 0.15) is 0 Å². The molecule has 1 aromatic heterocycles. The highest BCUT2D eigenvalue weighted by atomic mass is 35.5. The number of hydrogen-bond acceptors (Lipinski definition) is 4. The monoisotopic (exact) mass is 493 g/mol. The molecule has 2 fully saturated rings. The zero-order valence-corrected chi connectivity index (χ0v) is 21.1. The van der Waals surface area contributed by atoms with Crippen LogP contribution in [0.5, 0.6) is 0 Å². The third kappa shape index (κ3) is 6.36. The highest BCUT2D eigenvalue weighted by molar-refractivity contribution is 6.31. The number of aromatic nitrogens is 2. The van der Waals surface area contributed by atoms with Crippen molar-refractivity contribution < 1.29 is 4.79 Å². The Hall–Kier alpha value is -2.57. The van der Waals surface area contributed by atoms with Crippen LogP contribution in [-0.2, 0) is 11.2 Å². The molecule has 3 aromatic rings. The molecular formula is C28H36ClN5O. The first kappa shape index (κ1) is 24.1. The van der Waals surface area contributed by atoms with Crippen molar-refractivity contribution in [2.24, 2.45) is 11.8 Å². The number of amides is 1. The van der Waals surface area contributed by atoms with Crippen LogP contribution in [0.3, 0.4) is 0 Å². The van der Waals surface area contributed by atoms with Crippen LogP contribution < -0.4 is 10.2 Å². The van der Waals surface area contributed by atoms with Crippen LogP contribution in [0.4, 0.5) is 5.95 Å². The maximum absolute atomic E-state index is 12.9. The Morgan fingerprint density at radius 2 is 1.91 bits per heavy atom. The Morgan fingerprint density at radius 1 is 1.09 bits per heavy atom. The van der Waals surface area contributed by atoms with E-state index in [9.17, 15) is 4.79 Å². The molecule has 0 radical (unpaired) electrons. The number of piperidine rings is 2. The maximum atomic E-state index is 12.9. The van der Waals surface area contributed by atoms with Gasteiger partial charge in [-0.25, -0.2) is 4.98 Å². The predicted molar refractivity (Wildman–Crippen MR) is 143 cm³/mol. The lowest BCUT2D eigenvalue weighted by molar-refractivity contribution is -0.125. The number of rotatable bonds is 8. The number of nitrogens with one attached hydrogen (secondary N) is 2. The molecule has 0 aliphatic carbocycles. The Labute approximate surface area is 213 Å². The lowest BCUT2D eigenvalue weighted by Gasteiger charge is -2.32. The van der Waals surface area contributed by atoms with E-state index in [1.165, 1.54) is 37.9 Å². The third-order valence-electron chi connectivity index (χ3n) is 7.55. The van der Waals surface area contributed by atoms with E-state index in [0.29, 0.717) is 11.6 Å². The van der Waals surface area contributed by atoms with Crippen LogP contribution in [0, 0.1) is 11.8 Å². The van der Waals surface area contributed by atoms with Gasteiger partial charge in [-0.05, 0) is 87.8 Å². The minimum Gasteiger partial charge on any atom is -0.356 e. The molecule has 6 nitrogen and oxygen atoms in total. The van der Waals surface area contributed by atoms with Gasteiger partial charge in [-0.2, -0.15) is 0 Å². The van der Waals surface area contributed by atoms with E-state index in [-0.39, 0.29) is 11.8 Å². The number of imidazole rings is 1. The van der Waals surface area contributed by atoms with Crippen LogP contribution in [0.1, 0.15) is 37.7 Å². The highest BCUT2D eigenvalue weighted by Gasteiger charge is 2.27. The molecule has 0 unspecified atom stereocenters. The highest BCUT2D eigenvalue weighted by Crippen LogP contribution is 2.25. The summed E-state index contributed by atoms with van der Waals surface area (Å²) in [6.07, 6.45) is 6.68. The average Bonchev–Trinajstić information content (AvgIpc) is 3.31. The molecule has 186 valence electrons. The topological polar surface area (TPSA) is 64.3 Å². The second-order valence-electron chi connectivity index (χ2n) is 10.1. The molecule has 1 atom stereocenters. The van der Waals surface area contributed by atoms with Crippen LogP contribution in [0.15, 0.2) is 48.5 Å². The molecule has 2 aliphatic heterocycles. The van der Waals surface area contributed by atoms with E-state index in [0.717, 1.165) is 61.8 Å². The number of H-pyrrole nitrogens is 1. The van der Waals surface area contributed by atoms with Crippen molar-refractivity contribution in [3.05, 3.63) is 59.1 Å². The second-order valence-corrected chi connectivity index (χ2v) is 10.6. The summed E-state index contributed by atoms with van der Waals surface area (Å²) in [5.74, 6) is 1.81. The number of carbonyl (C=O) groups is 1. The van der Waals surface area contributed by atoms with E-state index < -0.39 is 0 Å². The molecule has 0 spiro atoms. The van der Waals surface area contributed by atoms with Crippen LogP contribution >= 0.6 is 11.6 Å². The number of likely N-dealkylation sites (tertiary alicyclic amines) is 1. The van der Waals surface area contributed by atoms with E-state index in [1.807, 2.05) is 18.2 Å². The first-order valence-corrected chi connectivity index (χ1v) is 13.5. The summed E-state index contributed by atoms with van der Waals surface area (Å²) < 4.78 is 0. The molecule has 7 heteroatoms. The van der Waals surface area contributed by atoms with Gasteiger partial charge < -0.3 is 20.1 Å². The summed E-state index contributed by atoms with van der Waals surface area (Å²) in [4.78, 5) is 25.7. The van der Waals surface area contributed by atoms with Gasteiger partial charge in [0, 0.05) is 24.7 Å². The molecule has 1 amide bonds. The largest absolute Gasteiger partial charge is 0.356 e. The zero-order valence-electron chi connectivity index (χ0n) is 20.4. The first-order valence-electron chi connectivity index (χ1n) is 13.1. The number of halogens is 1. The summed E-state index contributed by atoms with van der Waals surface area (Å²) in [7, 11) is 0. The Morgan fingerprint density at radius 3 is 2.74 bits per heavy atom. The summed E-state index contributed by atoms with van der Waals surface area (Å²) in [6.45, 7) is 5.78. The Kier molecular flexibility index (Phi) is 7.89. The van der Waals surface area contributed by atoms with Crippen molar-refractivity contribution in [1.82, 2.24) is 20.2 Å². The molecule has 0 bridgehead atoms. The molecule has 2 aliphatic rings. The molecule has 3 heterocycles. The quantitative estimate of drug-likeness (QED) is 0.438. The van der Waals surface area contributed by atoms with Crippen molar-refractivity contribution in [3.8, 4) is 0 Å². The normalized spacial score (nSPS) is 19.8. The average molecular weight is 494 g/mol. The van der Waals surface area contributed by atoms with Gasteiger partial charge in [0.25, 0.3) is 0 Å². The Bertz CT molecular complexity index is 1110. The van der Waals surface area contributed by atoms with Crippen molar-refractivity contribution in [2.75, 3.05) is 44.2 Å². The van der Waals surface area contributed by atoms with Crippen LogP contribution in [-0.4, -0.2) is 60.0 Å². The standard InChI is InChI=1S/C28H36ClN5O/c29-24-9-10-25-26(19-24)32-28(31-25)34-15-4-8-23(20-34)27(35)30-13-5-14-33-16-11-22(12-17-33)18-21-6-2-1-3-7-21/h1-3,6-7,9-10,19,22-23H,4-5,8,11-18,20H2,(H,30,35)(H,31,32)/t23-/m0/s1. The molecule has 2 saturated heterocycles. The molecule has 0 saturated carbocycles. The lowest BCUT2D eigenvalue weighted by atomic mass is 9.90. The van der Waals surface area contributed by atoms with Gasteiger partial charge in [0.2, 0.25) is 11.9 Å². The fourth-order valence-corrected chi connectivity index (χ4v) is 5.69. The minimum absolute atomic E-state index is 0.00859. The fraction of sp³-hybridized carbons (Fsp3) is 0.500. The number of hydrogen-bond donors (Lipinski definition) is 2. The molecular weight excluding hydrogens is 458 g/mol. The van der Waals surface area contributed by atoms with Crippen molar-refractivity contribution >= 4 is 34.5 Å². The second kappa shape index (κ2) is 11.4. The Balaban J connectivity index is 1.02. The number of nitrogens with zero attached hydrogens (tertiary/aromatic N) is 3. The number of aromatic amines is 1. The van der Waals surface area contributed by atoms with Crippen molar-refractivity contribution in [2.45, 2.75) is 38.5 Å². The van der Waals surface area contributed by atoms with Gasteiger partial charge in [-0.15, -0.1) is 0 Å². The summed E-state index contributed by atoms with van der Waals surface area (Å²) >= 11 is 6.11. The van der Waals surface area contributed by atoms with Gasteiger partial charge >= 0.3 is 0 Å². The van der Waals surface area contributed by atoms with E-state index in [1.54, 1.807) is 0 Å². The van der Waals surface area contributed by atoms with Crippen LogP contribution in [0.25, 0.3) is 11.0 Å². The molecule has 2 aromatic carbocycles. The number of fused-ring (bicyclic) bond motifs is 1. The van der Waals surface area contributed by atoms with Gasteiger partial charge in [0.05, 0.1) is 17.0 Å².